The molecule has 0 aliphatic carbocycles. The fourth-order valence-corrected chi connectivity index (χ4v) is 3.76. The van der Waals surface area contributed by atoms with Crippen LogP contribution in [0.2, 0.25) is 0 Å². The maximum absolute atomic E-state index is 12.3. The van der Waals surface area contributed by atoms with Gasteiger partial charge in [-0.25, -0.2) is 4.79 Å². The number of urea groups is 1. The van der Waals surface area contributed by atoms with Crippen LogP contribution in [0.1, 0.15) is 6.42 Å². The van der Waals surface area contributed by atoms with Gasteiger partial charge in [0.25, 0.3) is 0 Å². The quantitative estimate of drug-likeness (QED) is 0.507. The summed E-state index contributed by atoms with van der Waals surface area (Å²) in [6.45, 7) is 5.76. The maximum atomic E-state index is 12.3. The van der Waals surface area contributed by atoms with Crippen LogP contribution in [0.4, 0.5) is 16.2 Å². The molecule has 1 aliphatic rings. The van der Waals surface area contributed by atoms with E-state index in [1.807, 2.05) is 36.4 Å². The molecule has 0 saturated carbocycles. The van der Waals surface area contributed by atoms with E-state index < -0.39 is 0 Å². The van der Waals surface area contributed by atoms with Crippen molar-refractivity contribution in [2.45, 2.75) is 13.0 Å². The lowest BCUT2D eigenvalue weighted by atomic mass is 10.2. The molecule has 3 amide bonds. The number of amides is 3. The molecular formula is C24H29N5O3. The number of carbonyl (C=O) groups is 2. The first-order valence-electron chi connectivity index (χ1n) is 11.0. The van der Waals surface area contributed by atoms with E-state index in [-0.39, 0.29) is 24.9 Å². The molecule has 2 heterocycles. The second-order valence-corrected chi connectivity index (χ2v) is 7.78. The fourth-order valence-electron chi connectivity index (χ4n) is 3.76. The number of aromatic nitrogens is 1. The molecule has 1 saturated heterocycles. The van der Waals surface area contributed by atoms with Gasteiger partial charge in [0.15, 0.2) is 0 Å². The summed E-state index contributed by atoms with van der Waals surface area (Å²) in [4.78, 5) is 26.6. The summed E-state index contributed by atoms with van der Waals surface area (Å²) >= 11 is 0. The number of nitrogens with one attached hydrogen (secondary N) is 3. The number of fused-ring (bicyclic) bond motifs is 1. The normalized spacial score (nSPS) is 14.2. The predicted molar refractivity (Wildman–Crippen MR) is 126 cm³/mol. The lowest BCUT2D eigenvalue weighted by Crippen LogP contribution is -2.38. The first-order valence-corrected chi connectivity index (χ1v) is 11.0. The summed E-state index contributed by atoms with van der Waals surface area (Å²) in [6.07, 6.45) is 2.28. The Kier molecular flexibility index (Phi) is 7.37. The van der Waals surface area contributed by atoms with Crippen molar-refractivity contribution < 1.29 is 14.3 Å². The molecule has 0 unspecified atom stereocenters. The van der Waals surface area contributed by atoms with E-state index in [2.05, 4.69) is 37.7 Å². The Labute approximate surface area is 187 Å². The third-order valence-corrected chi connectivity index (χ3v) is 5.48. The van der Waals surface area contributed by atoms with Gasteiger partial charge in [0, 0.05) is 67.6 Å². The minimum Gasteiger partial charge on any atom is -0.379 e. The predicted octanol–water partition coefficient (Wildman–Crippen LogP) is 3.12. The van der Waals surface area contributed by atoms with Gasteiger partial charge in [-0.1, -0.05) is 18.2 Å². The highest BCUT2D eigenvalue weighted by molar-refractivity contribution is 5.94. The molecule has 2 aromatic carbocycles. The molecule has 1 aliphatic heterocycles. The number of hydrogen-bond donors (Lipinski definition) is 3. The number of morpholine rings is 1. The molecule has 0 atom stereocenters. The van der Waals surface area contributed by atoms with Crippen LogP contribution < -0.4 is 16.0 Å². The highest BCUT2D eigenvalue weighted by atomic mass is 16.5. The molecule has 3 N–H and O–H groups in total. The lowest BCUT2D eigenvalue weighted by Gasteiger charge is -2.26. The van der Waals surface area contributed by atoms with Gasteiger partial charge in [-0.2, -0.15) is 0 Å². The van der Waals surface area contributed by atoms with Gasteiger partial charge in [0.2, 0.25) is 5.91 Å². The van der Waals surface area contributed by atoms with Crippen LogP contribution in [0.3, 0.4) is 0 Å². The molecule has 3 aromatic rings. The number of rotatable bonds is 8. The zero-order valence-electron chi connectivity index (χ0n) is 18.0. The summed E-state index contributed by atoms with van der Waals surface area (Å²) < 4.78 is 7.65. The van der Waals surface area contributed by atoms with E-state index in [4.69, 9.17) is 4.74 Å². The smallest absolute Gasteiger partial charge is 0.319 e. The molecule has 168 valence electrons. The van der Waals surface area contributed by atoms with Crippen molar-refractivity contribution in [3.63, 3.8) is 0 Å². The minimum atomic E-state index is -0.330. The van der Waals surface area contributed by atoms with Crippen LogP contribution in [0, 0.1) is 0 Å². The Morgan fingerprint density at radius 2 is 1.72 bits per heavy atom. The van der Waals surface area contributed by atoms with Crippen molar-refractivity contribution in [1.29, 1.82) is 0 Å². The van der Waals surface area contributed by atoms with Crippen molar-refractivity contribution in [3.8, 4) is 0 Å². The molecule has 8 heteroatoms. The number of ether oxygens (including phenoxy) is 1. The summed E-state index contributed by atoms with van der Waals surface area (Å²) in [5.74, 6) is -0.142. The average Bonchev–Trinajstić information content (AvgIpc) is 3.21. The Balaban J connectivity index is 1.23. The standard InChI is InChI=1S/C24H29N5O3/c30-23(8-10-25-24(31)27-20-4-2-1-3-5-20)26-21-6-7-22-19(18-21)9-11-29(22)13-12-28-14-16-32-17-15-28/h1-7,9,11,18H,8,10,12-17H2,(H,26,30)(H2,25,27,31). The summed E-state index contributed by atoms with van der Waals surface area (Å²) in [6, 6.07) is 16.9. The van der Waals surface area contributed by atoms with Crippen molar-refractivity contribution >= 4 is 34.2 Å². The van der Waals surface area contributed by atoms with Crippen LogP contribution in [-0.2, 0) is 16.1 Å². The van der Waals surface area contributed by atoms with Crippen molar-refractivity contribution in [2.75, 3.05) is 50.0 Å². The van der Waals surface area contributed by atoms with Crippen molar-refractivity contribution in [2.24, 2.45) is 0 Å². The molecule has 0 spiro atoms. The van der Waals surface area contributed by atoms with Crippen LogP contribution in [-0.4, -0.2) is 60.8 Å². The van der Waals surface area contributed by atoms with E-state index >= 15 is 0 Å². The van der Waals surface area contributed by atoms with E-state index in [0.717, 1.165) is 56.0 Å². The van der Waals surface area contributed by atoms with Crippen LogP contribution in [0.15, 0.2) is 60.8 Å². The Hall–Kier alpha value is -3.36. The summed E-state index contributed by atoms with van der Waals surface area (Å²) in [5, 5.41) is 9.42. The van der Waals surface area contributed by atoms with Crippen molar-refractivity contribution in [3.05, 3.63) is 60.8 Å². The molecule has 8 nitrogen and oxygen atoms in total. The monoisotopic (exact) mass is 435 g/mol. The Bertz CT molecular complexity index is 1040. The highest BCUT2D eigenvalue weighted by Gasteiger charge is 2.11. The third kappa shape index (κ3) is 6.09. The Morgan fingerprint density at radius 3 is 2.53 bits per heavy atom. The number of para-hydroxylation sites is 1. The lowest BCUT2D eigenvalue weighted by molar-refractivity contribution is -0.116. The van der Waals surface area contributed by atoms with Gasteiger partial charge in [-0.3, -0.25) is 9.69 Å². The summed E-state index contributed by atoms with van der Waals surface area (Å²) in [7, 11) is 0. The van der Waals surface area contributed by atoms with E-state index in [0.29, 0.717) is 5.69 Å². The van der Waals surface area contributed by atoms with Gasteiger partial charge >= 0.3 is 6.03 Å². The fraction of sp³-hybridized carbons (Fsp3) is 0.333. The van der Waals surface area contributed by atoms with Crippen LogP contribution in [0.5, 0.6) is 0 Å². The third-order valence-electron chi connectivity index (χ3n) is 5.48. The highest BCUT2D eigenvalue weighted by Crippen LogP contribution is 2.21. The average molecular weight is 436 g/mol. The number of carbonyl (C=O) groups excluding carboxylic acids is 2. The van der Waals surface area contributed by atoms with E-state index in [1.165, 1.54) is 0 Å². The maximum Gasteiger partial charge on any atom is 0.319 e. The van der Waals surface area contributed by atoms with E-state index in [9.17, 15) is 9.59 Å². The summed E-state index contributed by atoms with van der Waals surface area (Å²) in [5.41, 5.74) is 2.61. The van der Waals surface area contributed by atoms with Gasteiger partial charge in [0.1, 0.15) is 0 Å². The SMILES string of the molecule is O=C(CCNC(=O)Nc1ccccc1)Nc1ccc2c(ccn2CCN2CCOCC2)c1. The van der Waals surface area contributed by atoms with Gasteiger partial charge in [0.05, 0.1) is 13.2 Å². The zero-order valence-corrected chi connectivity index (χ0v) is 18.0. The molecular weight excluding hydrogens is 406 g/mol. The van der Waals surface area contributed by atoms with Crippen molar-refractivity contribution in [1.82, 2.24) is 14.8 Å². The molecule has 4 rings (SSSR count). The second kappa shape index (κ2) is 10.8. The van der Waals surface area contributed by atoms with Crippen LogP contribution >= 0.6 is 0 Å². The van der Waals surface area contributed by atoms with Gasteiger partial charge < -0.3 is 25.3 Å². The first-order chi connectivity index (χ1) is 15.7. The largest absolute Gasteiger partial charge is 0.379 e. The minimum absolute atomic E-state index is 0.142. The number of benzene rings is 2. The molecule has 0 radical (unpaired) electrons. The van der Waals surface area contributed by atoms with Gasteiger partial charge in [-0.15, -0.1) is 0 Å². The Morgan fingerprint density at radius 1 is 0.906 bits per heavy atom. The number of nitrogens with zero attached hydrogens (tertiary/aromatic N) is 2. The molecule has 1 aromatic heterocycles. The second-order valence-electron chi connectivity index (χ2n) is 7.78. The number of anilines is 2. The topological polar surface area (TPSA) is 87.6 Å². The van der Waals surface area contributed by atoms with E-state index in [1.54, 1.807) is 12.1 Å². The van der Waals surface area contributed by atoms with Gasteiger partial charge in [-0.05, 0) is 36.4 Å². The zero-order chi connectivity index (χ0) is 22.2. The first kappa shape index (κ1) is 21.9. The van der Waals surface area contributed by atoms with Crippen LogP contribution in [0.25, 0.3) is 10.9 Å². The molecule has 0 bridgehead atoms. The molecule has 1 fully saturated rings. The molecule has 32 heavy (non-hydrogen) atoms. The number of hydrogen-bond acceptors (Lipinski definition) is 4.